The van der Waals surface area contributed by atoms with Crippen molar-refractivity contribution in [2.75, 3.05) is 7.11 Å². The van der Waals surface area contributed by atoms with Crippen molar-refractivity contribution in [3.63, 3.8) is 0 Å². The van der Waals surface area contributed by atoms with Crippen molar-refractivity contribution >= 4 is 8.80 Å². The van der Waals surface area contributed by atoms with Crippen molar-refractivity contribution in [1.82, 2.24) is 0 Å². The quantitative estimate of drug-likeness (QED) is 0.372. The average Bonchev–Trinajstić information content (AvgIpc) is 2.49. The Balaban J connectivity index is 2.33. The number of halogens is 1. The third-order valence-corrected chi connectivity index (χ3v) is 6.98. The lowest BCUT2D eigenvalue weighted by Gasteiger charge is -2.31. The maximum absolute atomic E-state index is 13.1. The van der Waals surface area contributed by atoms with Crippen LogP contribution in [0.4, 0.5) is 4.39 Å². The number of benzene rings is 1. The van der Waals surface area contributed by atoms with Crippen LogP contribution >= 0.6 is 0 Å². The number of hydrogen-bond acceptors (Lipinski definition) is 3. The van der Waals surface area contributed by atoms with E-state index < -0.39 is 8.80 Å². The highest BCUT2D eigenvalue weighted by molar-refractivity contribution is 6.60. The highest BCUT2D eigenvalue weighted by atomic mass is 28.4. The summed E-state index contributed by atoms with van der Waals surface area (Å²) in [4.78, 5) is 0. The van der Waals surface area contributed by atoms with Crippen LogP contribution in [0, 0.1) is 5.82 Å². The van der Waals surface area contributed by atoms with Gasteiger partial charge in [0.2, 0.25) is 0 Å². The minimum absolute atomic E-state index is 0.100. The Morgan fingerprint density at radius 1 is 0.958 bits per heavy atom. The van der Waals surface area contributed by atoms with Crippen molar-refractivity contribution < 1.29 is 17.7 Å². The van der Waals surface area contributed by atoms with Gasteiger partial charge in [-0.2, -0.15) is 0 Å². The first kappa shape index (κ1) is 21.3. The van der Waals surface area contributed by atoms with Crippen LogP contribution in [0.3, 0.4) is 0 Å². The predicted octanol–water partition coefficient (Wildman–Crippen LogP) is 5.36. The molecular weight excluding hydrogens is 323 g/mol. The lowest BCUT2D eigenvalue weighted by atomic mass is 10.1. The van der Waals surface area contributed by atoms with E-state index in [0.717, 1.165) is 43.7 Å². The van der Waals surface area contributed by atoms with Crippen LogP contribution in [-0.2, 0) is 19.7 Å². The molecule has 3 nitrogen and oxygen atoms in total. The second-order valence-corrected chi connectivity index (χ2v) is 9.51. The molecular formula is C19H33FO3Si. The van der Waals surface area contributed by atoms with Crippen LogP contribution in [0.2, 0.25) is 6.04 Å². The monoisotopic (exact) mass is 356 g/mol. The molecule has 0 aromatic heterocycles. The van der Waals surface area contributed by atoms with Gasteiger partial charge in [0, 0.05) is 25.4 Å². The van der Waals surface area contributed by atoms with Crippen molar-refractivity contribution in [3.8, 4) is 0 Å². The van der Waals surface area contributed by atoms with Crippen molar-refractivity contribution in [1.29, 1.82) is 0 Å². The maximum atomic E-state index is 13.1. The first-order valence-corrected chi connectivity index (χ1v) is 11.0. The van der Waals surface area contributed by atoms with Gasteiger partial charge in [-0.1, -0.05) is 25.0 Å². The molecule has 5 heteroatoms. The van der Waals surface area contributed by atoms with Gasteiger partial charge in [0.15, 0.2) is 0 Å². The SMILES string of the molecule is CO[Si](CCCCCCc1cccc(F)c1)(OC(C)C)OC(C)C. The number of unbranched alkanes of at least 4 members (excludes halogenated alkanes) is 3. The van der Waals surface area contributed by atoms with E-state index in [2.05, 4.69) is 0 Å². The largest absolute Gasteiger partial charge is 0.501 e. The molecule has 0 aliphatic carbocycles. The molecule has 24 heavy (non-hydrogen) atoms. The molecule has 0 N–H and O–H groups in total. The zero-order valence-electron chi connectivity index (χ0n) is 15.8. The van der Waals surface area contributed by atoms with E-state index in [-0.39, 0.29) is 18.0 Å². The summed E-state index contributed by atoms with van der Waals surface area (Å²) in [5, 5.41) is 0. The first-order valence-electron chi connectivity index (χ1n) is 9.02. The van der Waals surface area contributed by atoms with E-state index in [1.54, 1.807) is 19.2 Å². The number of aryl methyl sites for hydroxylation is 1. The van der Waals surface area contributed by atoms with Crippen molar-refractivity contribution in [3.05, 3.63) is 35.6 Å². The van der Waals surface area contributed by atoms with E-state index >= 15 is 0 Å². The van der Waals surface area contributed by atoms with Crippen LogP contribution < -0.4 is 0 Å². The Morgan fingerprint density at radius 3 is 2.12 bits per heavy atom. The molecule has 0 aliphatic rings. The molecule has 0 bridgehead atoms. The lowest BCUT2D eigenvalue weighted by molar-refractivity contribution is 0.0323. The molecule has 0 fully saturated rings. The summed E-state index contributed by atoms with van der Waals surface area (Å²) in [7, 11) is -0.881. The molecule has 1 aromatic rings. The predicted molar refractivity (Wildman–Crippen MR) is 98.6 cm³/mol. The van der Waals surface area contributed by atoms with Gasteiger partial charge in [-0.3, -0.25) is 0 Å². The molecule has 1 aromatic carbocycles. The van der Waals surface area contributed by atoms with E-state index in [0.29, 0.717) is 0 Å². The van der Waals surface area contributed by atoms with E-state index in [4.69, 9.17) is 13.3 Å². The van der Waals surface area contributed by atoms with E-state index in [1.165, 1.54) is 6.07 Å². The molecule has 0 aliphatic heterocycles. The van der Waals surface area contributed by atoms with Gasteiger partial charge >= 0.3 is 8.80 Å². The fraction of sp³-hybridized carbons (Fsp3) is 0.684. The zero-order chi connectivity index (χ0) is 18.0. The second-order valence-electron chi connectivity index (χ2n) is 6.76. The van der Waals surface area contributed by atoms with Gasteiger partial charge in [-0.15, -0.1) is 0 Å². The molecule has 1 rings (SSSR count). The molecule has 0 radical (unpaired) electrons. The van der Waals surface area contributed by atoms with Crippen LogP contribution in [-0.4, -0.2) is 28.1 Å². The summed E-state index contributed by atoms with van der Waals surface area (Å²) in [5.74, 6) is -0.153. The molecule has 0 saturated carbocycles. The molecule has 0 unspecified atom stereocenters. The molecule has 0 atom stereocenters. The van der Waals surface area contributed by atoms with Gasteiger partial charge in [0.1, 0.15) is 5.82 Å². The van der Waals surface area contributed by atoms with Gasteiger partial charge < -0.3 is 13.3 Å². The van der Waals surface area contributed by atoms with Gasteiger partial charge in [-0.25, -0.2) is 4.39 Å². The van der Waals surface area contributed by atoms with Crippen LogP contribution in [0.25, 0.3) is 0 Å². The molecule has 0 spiro atoms. The summed E-state index contributed by atoms with van der Waals surface area (Å²) in [6.45, 7) is 8.07. The minimum atomic E-state index is -2.58. The van der Waals surface area contributed by atoms with Crippen molar-refractivity contribution in [2.45, 2.75) is 78.1 Å². The highest BCUT2D eigenvalue weighted by Gasteiger charge is 2.41. The summed E-state index contributed by atoms with van der Waals surface area (Å²) in [6.07, 6.45) is 5.45. The summed E-state index contributed by atoms with van der Waals surface area (Å²) in [5.41, 5.74) is 1.07. The van der Waals surface area contributed by atoms with Crippen LogP contribution in [0.15, 0.2) is 24.3 Å². The Morgan fingerprint density at radius 2 is 1.58 bits per heavy atom. The van der Waals surface area contributed by atoms with E-state index in [9.17, 15) is 4.39 Å². The number of hydrogen-bond donors (Lipinski definition) is 0. The highest BCUT2D eigenvalue weighted by Crippen LogP contribution is 2.23. The lowest BCUT2D eigenvalue weighted by Crippen LogP contribution is -2.48. The van der Waals surface area contributed by atoms with Gasteiger partial charge in [0.25, 0.3) is 0 Å². The van der Waals surface area contributed by atoms with Gasteiger partial charge in [0.05, 0.1) is 0 Å². The Labute approximate surface area is 147 Å². The van der Waals surface area contributed by atoms with Gasteiger partial charge in [-0.05, 0) is 64.7 Å². The average molecular weight is 357 g/mol. The third-order valence-electron chi connectivity index (χ3n) is 3.73. The summed E-state index contributed by atoms with van der Waals surface area (Å²) >= 11 is 0. The van der Waals surface area contributed by atoms with Crippen LogP contribution in [0.1, 0.15) is 58.9 Å². The van der Waals surface area contributed by atoms with E-state index in [1.807, 2.05) is 33.8 Å². The maximum Gasteiger partial charge on any atom is 0.501 e. The topological polar surface area (TPSA) is 27.7 Å². The second kappa shape index (κ2) is 11.0. The number of rotatable bonds is 12. The van der Waals surface area contributed by atoms with Crippen LogP contribution in [0.5, 0.6) is 0 Å². The Kier molecular flexibility index (Phi) is 9.74. The Hall–Kier alpha value is -0.753. The third kappa shape index (κ3) is 8.38. The Bertz CT molecular complexity index is 456. The fourth-order valence-electron chi connectivity index (χ4n) is 2.78. The smallest absolute Gasteiger partial charge is 0.377 e. The fourth-order valence-corrected chi connectivity index (χ4v) is 5.59. The normalized spacial score (nSPS) is 12.3. The summed E-state index contributed by atoms with van der Waals surface area (Å²) in [6, 6.07) is 7.71. The molecule has 138 valence electrons. The minimum Gasteiger partial charge on any atom is -0.377 e. The zero-order valence-corrected chi connectivity index (χ0v) is 16.8. The molecule has 0 saturated heterocycles. The molecule has 0 heterocycles. The van der Waals surface area contributed by atoms with Crippen molar-refractivity contribution in [2.24, 2.45) is 0 Å². The molecule has 0 amide bonds. The summed E-state index contributed by atoms with van der Waals surface area (Å²) < 4.78 is 30.9. The first-order chi connectivity index (χ1) is 11.4. The standard InChI is InChI=1S/C19H33FO3Si/c1-16(2)22-24(21-5,23-17(3)4)14-9-7-6-8-11-18-12-10-13-19(20)15-18/h10,12-13,15-17H,6-9,11,14H2,1-5H3.